The Labute approximate surface area is 216 Å². The summed E-state index contributed by atoms with van der Waals surface area (Å²) in [6.07, 6.45) is 1.54. The molecule has 3 N–H and O–H groups in total. The van der Waals surface area contributed by atoms with Crippen LogP contribution in [0, 0.1) is 5.41 Å². The molecule has 1 aliphatic heterocycles. The summed E-state index contributed by atoms with van der Waals surface area (Å²) in [5.74, 6) is 0.639. The number of nitrogens with zero attached hydrogens (tertiary/aromatic N) is 4. The second kappa shape index (κ2) is 11.6. The van der Waals surface area contributed by atoms with Crippen LogP contribution in [0.3, 0.4) is 0 Å². The van der Waals surface area contributed by atoms with Crippen LogP contribution in [0.25, 0.3) is 11.2 Å². The zero-order valence-corrected chi connectivity index (χ0v) is 22.5. The monoisotopic (exact) mass is 532 g/mol. The average Bonchev–Trinajstić information content (AvgIpc) is 3.39. The molecule has 1 fully saturated rings. The van der Waals surface area contributed by atoms with Gasteiger partial charge in [0.15, 0.2) is 11.2 Å². The minimum Gasteiger partial charge on any atom is -0.479 e. The van der Waals surface area contributed by atoms with E-state index in [1.54, 1.807) is 20.2 Å². The summed E-state index contributed by atoms with van der Waals surface area (Å²) in [5.41, 5.74) is 6.65. The molecule has 3 atom stereocenters. The summed E-state index contributed by atoms with van der Waals surface area (Å²) in [5, 5.41) is 3.03. The first-order chi connectivity index (χ1) is 17.7. The lowest BCUT2D eigenvalue weighted by atomic mass is 9.87. The van der Waals surface area contributed by atoms with Gasteiger partial charge in [0.05, 0.1) is 32.3 Å². The molecule has 3 aromatic rings. The summed E-state index contributed by atoms with van der Waals surface area (Å²) in [7, 11) is -0.134. The number of benzene rings is 1. The Morgan fingerprint density at radius 1 is 1.30 bits per heavy atom. The van der Waals surface area contributed by atoms with E-state index in [4.69, 9.17) is 29.0 Å². The van der Waals surface area contributed by atoms with Gasteiger partial charge in [0.1, 0.15) is 18.5 Å². The van der Waals surface area contributed by atoms with Crippen molar-refractivity contribution in [2.24, 2.45) is 5.41 Å². The summed E-state index contributed by atoms with van der Waals surface area (Å²) >= 11 is 0. The predicted molar refractivity (Wildman–Crippen MR) is 138 cm³/mol. The van der Waals surface area contributed by atoms with Gasteiger partial charge < -0.3 is 29.0 Å². The number of hydrogen-bond donors (Lipinski definition) is 2. The zero-order chi connectivity index (χ0) is 26.6. The van der Waals surface area contributed by atoms with Crippen LogP contribution in [-0.2, 0) is 18.8 Å². The van der Waals surface area contributed by atoms with Gasteiger partial charge >= 0.3 is 14.5 Å². The van der Waals surface area contributed by atoms with Gasteiger partial charge in [-0.2, -0.15) is 9.97 Å². The van der Waals surface area contributed by atoms with Crippen LogP contribution in [0.2, 0.25) is 0 Å². The average molecular weight is 533 g/mol. The molecular weight excluding hydrogens is 499 g/mol. The molecule has 12 nitrogen and oxygen atoms in total. The summed E-state index contributed by atoms with van der Waals surface area (Å²) < 4.78 is 30.9. The molecule has 0 saturated carbocycles. The van der Waals surface area contributed by atoms with Crippen molar-refractivity contribution in [1.82, 2.24) is 24.6 Å². The van der Waals surface area contributed by atoms with E-state index in [9.17, 15) is 4.79 Å². The standard InChI is InChI=1S/C24H33N6O6P/c1-15(2)34-18(31)12-27-37(36-16-9-7-6-8-10-16)33-13-17-11-24(3,4)22(35-17)30-14-26-19-20(30)28-23(25)29-21(19)32-5/h6-10,14-15,17,22,27H,11-13H2,1-5H3,(H2,25,28,29). The van der Waals surface area contributed by atoms with Crippen LogP contribution in [0.15, 0.2) is 36.7 Å². The van der Waals surface area contributed by atoms with E-state index in [0.29, 0.717) is 29.2 Å². The topological polar surface area (TPSA) is 145 Å². The van der Waals surface area contributed by atoms with E-state index in [-0.39, 0.29) is 48.9 Å². The highest BCUT2D eigenvalue weighted by atomic mass is 31.2. The third-order valence-corrected chi connectivity index (χ3v) is 6.80. The number of nitrogen functional groups attached to an aromatic ring is 1. The number of fused-ring (bicyclic) bond motifs is 1. The number of anilines is 1. The number of para-hydroxylation sites is 1. The smallest absolute Gasteiger partial charge is 0.320 e. The van der Waals surface area contributed by atoms with Gasteiger partial charge in [0.25, 0.3) is 0 Å². The Hall–Kier alpha value is -3.05. The molecule has 13 heteroatoms. The predicted octanol–water partition coefficient (Wildman–Crippen LogP) is 3.59. The first-order valence-corrected chi connectivity index (χ1v) is 13.1. The molecule has 3 unspecified atom stereocenters. The summed E-state index contributed by atoms with van der Waals surface area (Å²) in [6, 6.07) is 9.27. The van der Waals surface area contributed by atoms with Crippen molar-refractivity contribution in [3.05, 3.63) is 36.7 Å². The van der Waals surface area contributed by atoms with E-state index in [2.05, 4.69) is 33.9 Å². The van der Waals surface area contributed by atoms with Crippen LogP contribution in [0.5, 0.6) is 11.6 Å². The maximum atomic E-state index is 12.1. The Morgan fingerprint density at radius 2 is 2.05 bits per heavy atom. The SMILES string of the molecule is COc1nc(N)nc2c1ncn2C1OC(COP(NCC(=O)OC(C)C)Oc2ccccc2)CC1(C)C. The maximum Gasteiger partial charge on any atom is 0.320 e. The molecule has 1 aliphatic rings. The largest absolute Gasteiger partial charge is 0.479 e. The first-order valence-electron chi connectivity index (χ1n) is 11.9. The number of nitrogens with two attached hydrogens (primary N) is 1. The molecule has 1 saturated heterocycles. The number of carbonyl (C=O) groups is 1. The number of esters is 1. The normalized spacial score (nSPS) is 19.7. The van der Waals surface area contributed by atoms with Crippen molar-refractivity contribution < 1.29 is 28.1 Å². The van der Waals surface area contributed by atoms with E-state index < -0.39 is 8.53 Å². The Balaban J connectivity index is 1.45. The highest BCUT2D eigenvalue weighted by Crippen LogP contribution is 2.47. The number of imidazole rings is 1. The summed E-state index contributed by atoms with van der Waals surface area (Å²) in [4.78, 5) is 24.9. The number of aromatic nitrogens is 4. The molecular formula is C24H33N6O6P. The van der Waals surface area contributed by atoms with Crippen LogP contribution < -0.4 is 20.1 Å². The van der Waals surface area contributed by atoms with Crippen molar-refractivity contribution in [1.29, 1.82) is 0 Å². The summed E-state index contributed by atoms with van der Waals surface area (Å²) in [6.45, 7) is 8.02. The van der Waals surface area contributed by atoms with E-state index >= 15 is 0 Å². The number of nitrogens with one attached hydrogen (secondary N) is 1. The van der Waals surface area contributed by atoms with Gasteiger partial charge in [0.2, 0.25) is 11.8 Å². The van der Waals surface area contributed by atoms with Gasteiger partial charge in [-0.3, -0.25) is 9.36 Å². The number of rotatable bonds is 11. The van der Waals surface area contributed by atoms with Gasteiger partial charge in [-0.15, -0.1) is 0 Å². The second-order valence-electron chi connectivity index (χ2n) is 9.55. The Bertz CT molecular complexity index is 1210. The molecule has 1 aromatic carbocycles. The van der Waals surface area contributed by atoms with Gasteiger partial charge in [0, 0.05) is 5.41 Å². The number of carbonyl (C=O) groups excluding carboxylic acids is 1. The van der Waals surface area contributed by atoms with Crippen LogP contribution in [0.4, 0.5) is 5.95 Å². The maximum absolute atomic E-state index is 12.1. The molecule has 200 valence electrons. The molecule has 3 heterocycles. The van der Waals surface area contributed by atoms with Crippen molar-refractivity contribution in [3.63, 3.8) is 0 Å². The van der Waals surface area contributed by atoms with Crippen molar-refractivity contribution in [3.8, 4) is 11.6 Å². The number of hydrogen-bond acceptors (Lipinski definition) is 11. The van der Waals surface area contributed by atoms with E-state index in [1.165, 1.54) is 7.11 Å². The molecule has 2 aromatic heterocycles. The molecule has 0 amide bonds. The first kappa shape index (κ1) is 27.0. The van der Waals surface area contributed by atoms with Gasteiger partial charge in [-0.1, -0.05) is 32.0 Å². The number of ether oxygens (including phenoxy) is 3. The highest BCUT2D eigenvalue weighted by Gasteiger charge is 2.44. The lowest BCUT2D eigenvalue weighted by Gasteiger charge is -2.26. The minimum absolute atomic E-state index is 0.0413. The molecule has 4 rings (SSSR count). The van der Waals surface area contributed by atoms with Crippen LogP contribution in [0.1, 0.15) is 40.3 Å². The van der Waals surface area contributed by atoms with E-state index in [0.717, 1.165) is 0 Å². The van der Waals surface area contributed by atoms with Crippen molar-refractivity contribution >= 4 is 31.6 Å². The lowest BCUT2D eigenvalue weighted by molar-refractivity contribution is -0.145. The Morgan fingerprint density at radius 3 is 2.76 bits per heavy atom. The fourth-order valence-electron chi connectivity index (χ4n) is 4.13. The highest BCUT2D eigenvalue weighted by molar-refractivity contribution is 7.45. The zero-order valence-electron chi connectivity index (χ0n) is 21.6. The third-order valence-electron chi connectivity index (χ3n) is 5.63. The van der Waals surface area contributed by atoms with Crippen molar-refractivity contribution in [2.75, 3.05) is 26.0 Å². The fourth-order valence-corrected chi connectivity index (χ4v) is 5.21. The molecule has 37 heavy (non-hydrogen) atoms. The number of methoxy groups -OCH3 is 1. The lowest BCUT2D eigenvalue weighted by Crippen LogP contribution is -2.26. The Kier molecular flexibility index (Phi) is 8.43. The molecule has 0 radical (unpaired) electrons. The minimum atomic E-state index is -1.64. The second-order valence-corrected chi connectivity index (χ2v) is 10.8. The molecule has 0 bridgehead atoms. The van der Waals surface area contributed by atoms with Crippen LogP contribution >= 0.6 is 8.53 Å². The quantitative estimate of drug-likeness (QED) is 0.276. The fraction of sp³-hybridized carbons (Fsp3) is 0.500. The third kappa shape index (κ3) is 6.64. The van der Waals surface area contributed by atoms with E-state index in [1.807, 2.05) is 34.9 Å². The van der Waals surface area contributed by atoms with Crippen LogP contribution in [-0.4, -0.2) is 58.0 Å². The molecule has 0 aliphatic carbocycles. The van der Waals surface area contributed by atoms with Crippen molar-refractivity contribution in [2.45, 2.75) is 52.6 Å². The van der Waals surface area contributed by atoms with Gasteiger partial charge in [-0.05, 0) is 32.4 Å². The molecule has 0 spiro atoms. The van der Waals surface area contributed by atoms with Gasteiger partial charge in [-0.25, -0.2) is 10.1 Å².